The highest BCUT2D eigenvalue weighted by molar-refractivity contribution is 8.02. The molecule has 3 fully saturated rings. The third-order valence-corrected chi connectivity index (χ3v) is 10.9. The molecule has 9 heteroatoms. The SMILES string of the molecule is C=CCCCCOC(=O)[C@@H]1[C@@H]2CCC3(S2)C(C(=O)N(CC=C)c2c(C)cccc2Cl)N([C@@H](CO)C(C)C)C(=O)[C@H]13. The van der Waals surface area contributed by atoms with Crippen molar-refractivity contribution < 1.29 is 24.2 Å². The van der Waals surface area contributed by atoms with Crippen LogP contribution in [-0.2, 0) is 19.1 Å². The molecule has 0 aromatic heterocycles. The molecular formula is C31H41ClN2O5S. The van der Waals surface area contributed by atoms with E-state index in [0.717, 1.165) is 31.2 Å². The number of carbonyl (C=O) groups excluding carboxylic acids is 3. The number of hydrogen-bond donors (Lipinski definition) is 1. The predicted octanol–water partition coefficient (Wildman–Crippen LogP) is 5.18. The van der Waals surface area contributed by atoms with E-state index in [0.29, 0.717) is 23.7 Å². The number of esters is 1. The number of fused-ring (bicyclic) bond motifs is 1. The van der Waals surface area contributed by atoms with Gasteiger partial charge in [-0.15, -0.1) is 24.9 Å². The van der Waals surface area contributed by atoms with Gasteiger partial charge in [0.2, 0.25) is 5.91 Å². The van der Waals surface area contributed by atoms with E-state index >= 15 is 0 Å². The fraction of sp³-hybridized carbons (Fsp3) is 0.581. The Morgan fingerprint density at radius 2 is 2.05 bits per heavy atom. The number of halogens is 1. The minimum Gasteiger partial charge on any atom is -0.465 e. The van der Waals surface area contributed by atoms with Gasteiger partial charge in [0.25, 0.3) is 5.91 Å². The third kappa shape index (κ3) is 5.23. The fourth-order valence-corrected chi connectivity index (χ4v) is 9.32. The number of ether oxygens (including phenoxy) is 1. The first-order valence-electron chi connectivity index (χ1n) is 14.2. The molecule has 6 atom stereocenters. The lowest BCUT2D eigenvalue weighted by atomic mass is 9.71. The first-order chi connectivity index (χ1) is 19.1. The zero-order chi connectivity index (χ0) is 29.2. The van der Waals surface area contributed by atoms with E-state index in [-0.39, 0.29) is 42.1 Å². The van der Waals surface area contributed by atoms with Crippen molar-refractivity contribution in [2.24, 2.45) is 17.8 Å². The van der Waals surface area contributed by atoms with Gasteiger partial charge >= 0.3 is 5.97 Å². The first kappa shape index (κ1) is 30.7. The van der Waals surface area contributed by atoms with Crippen molar-refractivity contribution in [3.05, 3.63) is 54.1 Å². The van der Waals surface area contributed by atoms with E-state index < -0.39 is 28.7 Å². The number of likely N-dealkylation sites (tertiary alicyclic amines) is 1. The maximum Gasteiger partial charge on any atom is 0.310 e. The quantitative estimate of drug-likeness (QED) is 0.194. The van der Waals surface area contributed by atoms with E-state index in [9.17, 15) is 19.5 Å². The first-order valence-corrected chi connectivity index (χ1v) is 15.5. The van der Waals surface area contributed by atoms with Crippen LogP contribution in [0.4, 0.5) is 5.69 Å². The highest BCUT2D eigenvalue weighted by atomic mass is 35.5. The van der Waals surface area contributed by atoms with Crippen molar-refractivity contribution in [3.63, 3.8) is 0 Å². The number of allylic oxidation sites excluding steroid dienone is 1. The second-order valence-corrected chi connectivity index (χ2v) is 13.4. The highest BCUT2D eigenvalue weighted by Crippen LogP contribution is 2.67. The van der Waals surface area contributed by atoms with Gasteiger partial charge in [-0.05, 0) is 56.6 Å². The summed E-state index contributed by atoms with van der Waals surface area (Å²) < 4.78 is 4.91. The van der Waals surface area contributed by atoms with Crippen LogP contribution < -0.4 is 4.90 Å². The van der Waals surface area contributed by atoms with Crippen LogP contribution in [0.15, 0.2) is 43.5 Å². The molecule has 4 rings (SSSR count). The van der Waals surface area contributed by atoms with Crippen molar-refractivity contribution in [1.29, 1.82) is 0 Å². The maximum atomic E-state index is 14.7. The van der Waals surface area contributed by atoms with Gasteiger partial charge in [0.05, 0.1) is 46.5 Å². The van der Waals surface area contributed by atoms with Crippen LogP contribution in [0, 0.1) is 24.7 Å². The molecule has 3 saturated heterocycles. The van der Waals surface area contributed by atoms with Crippen LogP contribution in [0.2, 0.25) is 5.02 Å². The molecule has 0 radical (unpaired) electrons. The smallest absolute Gasteiger partial charge is 0.310 e. The van der Waals surface area contributed by atoms with E-state index in [1.807, 2.05) is 39.0 Å². The molecule has 0 aliphatic carbocycles. The number of hydrogen-bond acceptors (Lipinski definition) is 6. The van der Waals surface area contributed by atoms with Gasteiger partial charge in [0, 0.05) is 11.8 Å². The number of anilines is 1. The van der Waals surface area contributed by atoms with Crippen molar-refractivity contribution in [1.82, 2.24) is 4.90 Å². The van der Waals surface area contributed by atoms with Crippen LogP contribution in [0.25, 0.3) is 0 Å². The Balaban J connectivity index is 1.75. The molecule has 1 aromatic carbocycles. The number of aryl methyl sites for hydroxylation is 1. The molecule has 3 aliphatic rings. The van der Waals surface area contributed by atoms with Crippen LogP contribution in [-0.4, -0.2) is 69.6 Å². The second-order valence-electron chi connectivity index (χ2n) is 11.4. The number of benzene rings is 1. The van der Waals surface area contributed by atoms with Gasteiger partial charge in [-0.1, -0.05) is 49.7 Å². The summed E-state index contributed by atoms with van der Waals surface area (Å²) in [4.78, 5) is 45.7. The minimum atomic E-state index is -0.861. The summed E-state index contributed by atoms with van der Waals surface area (Å²) in [6.45, 7) is 13.6. The Labute approximate surface area is 246 Å². The van der Waals surface area contributed by atoms with Gasteiger partial charge in [-0.2, -0.15) is 0 Å². The molecule has 2 unspecified atom stereocenters. The molecule has 40 heavy (non-hydrogen) atoms. The summed E-state index contributed by atoms with van der Waals surface area (Å²) in [6, 6.07) is 4.04. The summed E-state index contributed by atoms with van der Waals surface area (Å²) in [5.41, 5.74) is 1.41. The largest absolute Gasteiger partial charge is 0.465 e. The number of aliphatic hydroxyl groups is 1. The zero-order valence-electron chi connectivity index (χ0n) is 23.7. The monoisotopic (exact) mass is 588 g/mol. The van der Waals surface area contributed by atoms with E-state index in [4.69, 9.17) is 16.3 Å². The average molecular weight is 589 g/mol. The molecule has 3 heterocycles. The summed E-state index contributed by atoms with van der Waals surface area (Å²) in [7, 11) is 0. The Morgan fingerprint density at radius 3 is 2.67 bits per heavy atom. The predicted molar refractivity (Wildman–Crippen MR) is 160 cm³/mol. The van der Waals surface area contributed by atoms with Gasteiger partial charge in [-0.3, -0.25) is 14.4 Å². The lowest BCUT2D eigenvalue weighted by molar-refractivity contribution is -0.154. The highest BCUT2D eigenvalue weighted by Gasteiger charge is 2.75. The number of rotatable bonds is 13. The lowest BCUT2D eigenvalue weighted by Gasteiger charge is -2.41. The lowest BCUT2D eigenvalue weighted by Crippen LogP contribution is -2.58. The number of nitrogens with zero attached hydrogens (tertiary/aromatic N) is 2. The van der Waals surface area contributed by atoms with Crippen molar-refractivity contribution in [2.45, 2.75) is 75.0 Å². The summed E-state index contributed by atoms with van der Waals surface area (Å²) in [6.07, 6.45) is 7.30. The molecule has 3 aliphatic heterocycles. The van der Waals surface area contributed by atoms with Crippen molar-refractivity contribution >= 4 is 46.8 Å². The van der Waals surface area contributed by atoms with Crippen LogP contribution in [0.3, 0.4) is 0 Å². The topological polar surface area (TPSA) is 87.2 Å². The van der Waals surface area contributed by atoms with E-state index in [1.54, 1.807) is 33.7 Å². The van der Waals surface area contributed by atoms with Crippen LogP contribution >= 0.6 is 23.4 Å². The Bertz CT molecular complexity index is 1140. The normalized spacial score (nSPS) is 27.6. The zero-order valence-corrected chi connectivity index (χ0v) is 25.3. The molecule has 1 spiro atoms. The van der Waals surface area contributed by atoms with Crippen molar-refractivity contribution in [2.75, 3.05) is 24.7 Å². The van der Waals surface area contributed by atoms with Gasteiger partial charge < -0.3 is 19.6 Å². The number of carbonyl (C=O) groups is 3. The molecule has 1 aromatic rings. The van der Waals surface area contributed by atoms with Crippen LogP contribution in [0.5, 0.6) is 0 Å². The maximum absolute atomic E-state index is 14.7. The van der Waals surface area contributed by atoms with Crippen LogP contribution in [0.1, 0.15) is 51.5 Å². The summed E-state index contributed by atoms with van der Waals surface area (Å²) in [5, 5.41) is 10.8. The number of aliphatic hydroxyl groups excluding tert-OH is 1. The molecule has 218 valence electrons. The Kier molecular flexibility index (Phi) is 9.74. The molecule has 2 amide bonds. The standard InChI is InChI=1S/C31H41ClN2O5S/c1-6-8-9-10-17-39-30(38)24-23-14-15-31(40-23)25(24)28(36)34(22(18-35)19(3)4)27(31)29(37)33(16-7-2)26-20(5)12-11-13-21(26)32/h6-7,11-13,19,22-25,27,35H,1-2,8-10,14-18H2,3-5H3/t22-,23-,24+,25-,27?,31?/m0/s1. The number of amides is 2. The molecule has 2 bridgehead atoms. The number of unbranched alkanes of at least 4 members (excludes halogenated alkanes) is 2. The average Bonchev–Trinajstić information content (AvgIpc) is 3.55. The van der Waals surface area contributed by atoms with Gasteiger partial charge in [0.1, 0.15) is 6.04 Å². The molecule has 7 nitrogen and oxygen atoms in total. The van der Waals surface area contributed by atoms with Gasteiger partial charge in [-0.25, -0.2) is 0 Å². The second kappa shape index (κ2) is 12.7. The minimum absolute atomic E-state index is 0.0893. The molecule has 0 saturated carbocycles. The van der Waals surface area contributed by atoms with E-state index in [2.05, 4.69) is 13.2 Å². The Morgan fingerprint density at radius 1 is 1.30 bits per heavy atom. The van der Waals surface area contributed by atoms with Crippen molar-refractivity contribution in [3.8, 4) is 0 Å². The third-order valence-electron chi connectivity index (χ3n) is 8.64. The molecule has 1 N–H and O–H groups in total. The number of thioether (sulfide) groups is 1. The number of para-hydroxylation sites is 1. The van der Waals surface area contributed by atoms with Gasteiger partial charge in [0.15, 0.2) is 0 Å². The summed E-state index contributed by atoms with van der Waals surface area (Å²) >= 11 is 8.22. The fourth-order valence-electron chi connectivity index (χ4n) is 6.81. The molecular weight excluding hydrogens is 548 g/mol. The summed E-state index contributed by atoms with van der Waals surface area (Å²) in [5.74, 6) is -2.28. The van der Waals surface area contributed by atoms with E-state index in [1.165, 1.54) is 0 Å². The Hall–Kier alpha value is -2.29.